The number of nitrogens with one attached hydrogen (secondary N) is 1. The summed E-state index contributed by atoms with van der Waals surface area (Å²) in [4.78, 5) is 11.7. The molecule has 4 nitrogen and oxygen atoms in total. The lowest BCUT2D eigenvalue weighted by Gasteiger charge is -1.95. The number of amides is 1. The molecule has 1 aliphatic heterocycles. The predicted molar refractivity (Wildman–Crippen MR) is 59.4 cm³/mol. The number of fused-ring (bicyclic) bond motifs is 1. The summed E-state index contributed by atoms with van der Waals surface area (Å²) in [6, 6.07) is 9.26. The molecule has 3 rings (SSSR count). The van der Waals surface area contributed by atoms with Crippen molar-refractivity contribution in [2.75, 3.05) is 5.32 Å². The Morgan fingerprint density at radius 1 is 1.25 bits per heavy atom. The zero-order valence-electron chi connectivity index (χ0n) is 8.31. The van der Waals surface area contributed by atoms with Crippen molar-refractivity contribution >= 4 is 23.2 Å². The minimum atomic E-state index is -0.113. The van der Waals surface area contributed by atoms with Crippen molar-refractivity contribution in [1.29, 1.82) is 0 Å². The third kappa shape index (κ3) is 1.32. The number of rotatable bonds is 1. The number of hydrogen-bond acceptors (Lipinski definition) is 3. The molecule has 78 valence electrons. The maximum absolute atomic E-state index is 11.7. The highest BCUT2D eigenvalue weighted by Crippen LogP contribution is 2.32. The van der Waals surface area contributed by atoms with Crippen LogP contribution in [0.2, 0.25) is 0 Å². The van der Waals surface area contributed by atoms with E-state index in [-0.39, 0.29) is 5.91 Å². The molecular weight excluding hydrogens is 204 g/mol. The number of hydrogen-bond donors (Lipinski definition) is 1. The van der Waals surface area contributed by atoms with Crippen LogP contribution in [0.25, 0.3) is 11.6 Å². The molecule has 0 bridgehead atoms. The Morgan fingerprint density at radius 2 is 2.12 bits per heavy atom. The number of carbonyl (C=O) groups excluding carboxylic acids is 1. The number of anilines is 1. The van der Waals surface area contributed by atoms with Gasteiger partial charge in [-0.15, -0.1) is 0 Å². The van der Waals surface area contributed by atoms with Gasteiger partial charge in [0.15, 0.2) is 5.76 Å². The minimum Gasteiger partial charge on any atom is -0.357 e. The first-order valence-corrected chi connectivity index (χ1v) is 4.88. The van der Waals surface area contributed by atoms with Crippen LogP contribution < -0.4 is 5.32 Å². The summed E-state index contributed by atoms with van der Waals surface area (Å²) in [7, 11) is 0. The van der Waals surface area contributed by atoms with E-state index < -0.39 is 0 Å². The zero-order chi connectivity index (χ0) is 11.0. The van der Waals surface area contributed by atoms with Crippen LogP contribution >= 0.6 is 0 Å². The molecule has 2 heterocycles. The molecule has 1 aromatic heterocycles. The highest BCUT2D eigenvalue weighted by atomic mass is 16.5. The van der Waals surface area contributed by atoms with Gasteiger partial charge in [0.25, 0.3) is 5.91 Å². The molecule has 0 saturated heterocycles. The summed E-state index contributed by atoms with van der Waals surface area (Å²) in [6.45, 7) is 0. The van der Waals surface area contributed by atoms with E-state index >= 15 is 0 Å². The monoisotopic (exact) mass is 212 g/mol. The summed E-state index contributed by atoms with van der Waals surface area (Å²) in [5.74, 6) is 0.458. The summed E-state index contributed by atoms with van der Waals surface area (Å²) in [5, 5.41) is 6.38. The van der Waals surface area contributed by atoms with E-state index in [1.165, 1.54) is 0 Å². The van der Waals surface area contributed by atoms with Crippen molar-refractivity contribution in [2.24, 2.45) is 0 Å². The maximum Gasteiger partial charge on any atom is 0.256 e. The second-order valence-electron chi connectivity index (χ2n) is 3.47. The Hall–Kier alpha value is -2.36. The zero-order valence-corrected chi connectivity index (χ0v) is 8.31. The molecule has 0 atom stereocenters. The van der Waals surface area contributed by atoms with Crippen molar-refractivity contribution in [3.63, 3.8) is 0 Å². The van der Waals surface area contributed by atoms with E-state index in [2.05, 4.69) is 10.5 Å². The van der Waals surface area contributed by atoms with E-state index in [9.17, 15) is 4.79 Å². The largest absolute Gasteiger partial charge is 0.357 e. The van der Waals surface area contributed by atoms with Crippen LogP contribution in [-0.4, -0.2) is 11.1 Å². The highest BCUT2D eigenvalue weighted by molar-refractivity contribution is 6.34. The van der Waals surface area contributed by atoms with Crippen LogP contribution in [0.4, 0.5) is 5.69 Å². The van der Waals surface area contributed by atoms with Crippen LogP contribution in [0, 0.1) is 0 Å². The van der Waals surface area contributed by atoms with Gasteiger partial charge in [0.2, 0.25) is 0 Å². The standard InChI is InChI=1S/C12H8N2O2/c15-12-10(7-8-5-6-13-16-8)9-3-1-2-4-11(9)14-12/h1-7H,(H,14,15). The molecule has 0 unspecified atom stereocenters. The molecule has 0 saturated carbocycles. The van der Waals surface area contributed by atoms with Crippen molar-refractivity contribution < 1.29 is 9.32 Å². The Kier molecular flexibility index (Phi) is 1.86. The van der Waals surface area contributed by atoms with E-state index in [1.54, 1.807) is 18.3 Å². The van der Waals surface area contributed by atoms with Crippen LogP contribution in [0.3, 0.4) is 0 Å². The van der Waals surface area contributed by atoms with Gasteiger partial charge in [-0.2, -0.15) is 0 Å². The van der Waals surface area contributed by atoms with Gasteiger partial charge < -0.3 is 9.84 Å². The molecule has 1 aliphatic rings. The molecule has 16 heavy (non-hydrogen) atoms. The van der Waals surface area contributed by atoms with E-state index in [1.807, 2.05) is 24.3 Å². The van der Waals surface area contributed by atoms with Gasteiger partial charge in [-0.25, -0.2) is 0 Å². The SMILES string of the molecule is O=C1Nc2ccccc2C1=Cc1ccno1. The number of benzene rings is 1. The van der Waals surface area contributed by atoms with Crippen LogP contribution in [0.5, 0.6) is 0 Å². The Bertz CT molecular complexity index is 570. The molecule has 4 heteroatoms. The molecule has 0 aliphatic carbocycles. The topological polar surface area (TPSA) is 55.1 Å². The first-order chi connectivity index (χ1) is 7.84. The van der Waals surface area contributed by atoms with Crippen molar-refractivity contribution in [1.82, 2.24) is 5.16 Å². The van der Waals surface area contributed by atoms with Gasteiger partial charge in [0, 0.05) is 17.3 Å². The summed E-state index contributed by atoms with van der Waals surface area (Å²) >= 11 is 0. The number of carbonyl (C=O) groups is 1. The van der Waals surface area contributed by atoms with Gasteiger partial charge in [-0.1, -0.05) is 23.4 Å². The summed E-state index contributed by atoms with van der Waals surface area (Å²) in [6.07, 6.45) is 3.24. The molecule has 1 aromatic carbocycles. The maximum atomic E-state index is 11.7. The quantitative estimate of drug-likeness (QED) is 0.737. The lowest BCUT2D eigenvalue weighted by molar-refractivity contribution is -0.110. The van der Waals surface area contributed by atoms with Gasteiger partial charge in [0.05, 0.1) is 11.8 Å². The molecule has 0 radical (unpaired) electrons. The average Bonchev–Trinajstić information content (AvgIpc) is 2.89. The van der Waals surface area contributed by atoms with Gasteiger partial charge in [-0.3, -0.25) is 4.79 Å². The van der Waals surface area contributed by atoms with Crippen molar-refractivity contribution in [3.05, 3.63) is 47.9 Å². The second-order valence-corrected chi connectivity index (χ2v) is 3.47. The van der Waals surface area contributed by atoms with E-state index in [0.717, 1.165) is 11.3 Å². The molecule has 1 N–H and O–H groups in total. The highest BCUT2D eigenvalue weighted by Gasteiger charge is 2.23. The third-order valence-electron chi connectivity index (χ3n) is 2.45. The fourth-order valence-electron chi connectivity index (χ4n) is 1.72. The van der Waals surface area contributed by atoms with Crippen LogP contribution in [-0.2, 0) is 4.79 Å². The molecule has 0 fully saturated rings. The Labute approximate surface area is 91.6 Å². The molecule has 2 aromatic rings. The van der Waals surface area contributed by atoms with Gasteiger partial charge in [0.1, 0.15) is 0 Å². The van der Waals surface area contributed by atoms with Crippen LogP contribution in [0.1, 0.15) is 11.3 Å². The first-order valence-electron chi connectivity index (χ1n) is 4.88. The second kappa shape index (κ2) is 3.34. The normalized spacial score (nSPS) is 16.2. The number of para-hydroxylation sites is 1. The number of aromatic nitrogens is 1. The Morgan fingerprint density at radius 3 is 2.94 bits per heavy atom. The fourth-order valence-corrected chi connectivity index (χ4v) is 1.72. The first kappa shape index (κ1) is 8.91. The van der Waals surface area contributed by atoms with E-state index in [4.69, 9.17) is 4.52 Å². The third-order valence-corrected chi connectivity index (χ3v) is 2.45. The molecular formula is C12H8N2O2. The molecule has 1 amide bonds. The summed E-state index contributed by atoms with van der Waals surface area (Å²) in [5.41, 5.74) is 2.33. The predicted octanol–water partition coefficient (Wildman–Crippen LogP) is 2.17. The van der Waals surface area contributed by atoms with Crippen LogP contribution in [0.15, 0.2) is 41.1 Å². The minimum absolute atomic E-state index is 0.113. The lowest BCUT2D eigenvalue weighted by Crippen LogP contribution is -2.03. The lowest BCUT2D eigenvalue weighted by atomic mass is 10.1. The van der Waals surface area contributed by atoms with Crippen molar-refractivity contribution in [2.45, 2.75) is 0 Å². The van der Waals surface area contributed by atoms with Crippen molar-refractivity contribution in [3.8, 4) is 0 Å². The number of nitrogens with zero attached hydrogens (tertiary/aromatic N) is 1. The summed E-state index contributed by atoms with van der Waals surface area (Å²) < 4.78 is 4.95. The smallest absolute Gasteiger partial charge is 0.256 e. The van der Waals surface area contributed by atoms with Gasteiger partial charge in [-0.05, 0) is 12.1 Å². The fraction of sp³-hybridized carbons (Fsp3) is 0. The Balaban J connectivity index is 2.12. The molecule has 0 spiro atoms. The van der Waals surface area contributed by atoms with Gasteiger partial charge >= 0.3 is 0 Å². The average molecular weight is 212 g/mol. The van der Waals surface area contributed by atoms with E-state index in [0.29, 0.717) is 11.3 Å².